The van der Waals surface area contributed by atoms with Crippen molar-refractivity contribution in [1.82, 2.24) is 10.2 Å². The fourth-order valence-corrected chi connectivity index (χ4v) is 8.55. The molecule has 1 aliphatic carbocycles. The third-order valence-electron chi connectivity index (χ3n) is 10.7. The van der Waals surface area contributed by atoms with Crippen LogP contribution in [0, 0.1) is 11.7 Å². The molecule has 0 spiro atoms. The third-order valence-corrected chi connectivity index (χ3v) is 11.4. The van der Waals surface area contributed by atoms with Gasteiger partial charge < -0.3 is 10.1 Å². The lowest BCUT2D eigenvalue weighted by molar-refractivity contribution is -0.121. The van der Waals surface area contributed by atoms with Gasteiger partial charge in [-0.1, -0.05) is 79.2 Å². The Balaban J connectivity index is 1.16. The molecule has 4 aromatic rings. The van der Waals surface area contributed by atoms with Gasteiger partial charge in [-0.25, -0.2) is 4.39 Å². The Morgan fingerprint density at radius 2 is 1.60 bits per heavy atom. The van der Waals surface area contributed by atoms with Gasteiger partial charge in [-0.15, -0.1) is 0 Å². The fourth-order valence-electron chi connectivity index (χ4n) is 8.00. The van der Waals surface area contributed by atoms with Gasteiger partial charge in [-0.3, -0.25) is 9.69 Å². The molecule has 1 fully saturated rings. The van der Waals surface area contributed by atoms with E-state index >= 15 is 0 Å². The summed E-state index contributed by atoms with van der Waals surface area (Å²) in [5.41, 5.74) is 6.41. The first-order valence-electron chi connectivity index (χ1n) is 17.7. The molecule has 0 radical (unpaired) electrons. The van der Waals surface area contributed by atoms with Crippen molar-refractivity contribution < 1.29 is 13.9 Å². The van der Waals surface area contributed by atoms with Crippen molar-refractivity contribution in [2.45, 2.75) is 75.7 Å². The van der Waals surface area contributed by atoms with Crippen molar-refractivity contribution in [2.75, 3.05) is 26.7 Å². The van der Waals surface area contributed by atoms with E-state index < -0.39 is 0 Å². The van der Waals surface area contributed by atoms with Crippen molar-refractivity contribution in [3.05, 3.63) is 135 Å². The highest BCUT2D eigenvalue weighted by atomic mass is 79.9. The topological polar surface area (TPSA) is 41.6 Å². The third kappa shape index (κ3) is 8.03. The van der Waals surface area contributed by atoms with Crippen LogP contribution in [0.5, 0.6) is 5.75 Å². The maximum atomic E-state index is 13.3. The minimum absolute atomic E-state index is 0.0421. The molecule has 1 saturated carbocycles. The van der Waals surface area contributed by atoms with Crippen LogP contribution >= 0.6 is 15.9 Å². The number of nitrogens with one attached hydrogen (secondary N) is 1. The number of hydrogen-bond acceptors (Lipinski definition) is 3. The number of hydrogen-bond donors (Lipinski definition) is 1. The molecule has 4 nitrogen and oxygen atoms in total. The number of amides is 1. The minimum Gasteiger partial charge on any atom is -0.496 e. The van der Waals surface area contributed by atoms with Gasteiger partial charge in [-0.2, -0.15) is 0 Å². The second-order valence-corrected chi connectivity index (χ2v) is 14.5. The Hall–Kier alpha value is -3.48. The molecule has 252 valence electrons. The Morgan fingerprint density at radius 3 is 2.23 bits per heavy atom. The van der Waals surface area contributed by atoms with Crippen molar-refractivity contribution in [3.63, 3.8) is 0 Å². The van der Waals surface area contributed by atoms with Gasteiger partial charge >= 0.3 is 0 Å². The van der Waals surface area contributed by atoms with E-state index in [1.54, 1.807) is 19.2 Å². The number of halogens is 2. The zero-order valence-electron chi connectivity index (χ0n) is 28.1. The molecule has 1 unspecified atom stereocenters. The molecule has 6 heteroatoms. The molecule has 1 atom stereocenters. The summed E-state index contributed by atoms with van der Waals surface area (Å²) in [6.45, 7) is 2.77. The lowest BCUT2D eigenvalue weighted by atomic mass is 9.68. The van der Waals surface area contributed by atoms with Crippen LogP contribution in [0.3, 0.4) is 0 Å². The van der Waals surface area contributed by atoms with Crippen molar-refractivity contribution in [1.29, 1.82) is 0 Å². The van der Waals surface area contributed by atoms with E-state index in [4.69, 9.17) is 4.74 Å². The number of fused-ring (bicyclic) bond motifs is 1. The van der Waals surface area contributed by atoms with E-state index in [0.29, 0.717) is 31.3 Å². The number of aryl methyl sites for hydroxylation is 1. The highest BCUT2D eigenvalue weighted by Gasteiger charge is 2.38. The quantitative estimate of drug-likeness (QED) is 0.125. The molecule has 1 heterocycles. The zero-order valence-corrected chi connectivity index (χ0v) is 29.7. The molecule has 1 N–H and O–H groups in total. The summed E-state index contributed by atoms with van der Waals surface area (Å²) >= 11 is 3.73. The average molecular weight is 712 g/mol. The second-order valence-electron chi connectivity index (χ2n) is 13.6. The number of nitrogens with zero attached hydrogens (tertiary/aromatic N) is 1. The molecular formula is C42H48BrFN2O2. The maximum absolute atomic E-state index is 13.3. The summed E-state index contributed by atoms with van der Waals surface area (Å²) in [5, 5.41) is 3.17. The molecule has 1 amide bonds. The van der Waals surface area contributed by atoms with E-state index in [9.17, 15) is 9.18 Å². The average Bonchev–Trinajstić information content (AvgIpc) is 3.09. The molecule has 0 saturated heterocycles. The number of methoxy groups -OCH3 is 1. The lowest BCUT2D eigenvalue weighted by Crippen LogP contribution is -2.42. The maximum Gasteiger partial charge on any atom is 0.220 e. The Labute approximate surface area is 294 Å². The predicted octanol–water partition coefficient (Wildman–Crippen LogP) is 9.59. The van der Waals surface area contributed by atoms with E-state index in [1.807, 2.05) is 0 Å². The van der Waals surface area contributed by atoms with Crippen molar-refractivity contribution in [3.8, 4) is 5.75 Å². The highest BCUT2D eigenvalue weighted by molar-refractivity contribution is 9.10. The minimum atomic E-state index is -0.253. The molecule has 6 rings (SSSR count). The zero-order chi connectivity index (χ0) is 33.3. The summed E-state index contributed by atoms with van der Waals surface area (Å²) < 4.78 is 20.1. The summed E-state index contributed by atoms with van der Waals surface area (Å²) in [5.74, 6) is 1.42. The first-order chi connectivity index (χ1) is 23.5. The second kappa shape index (κ2) is 16.3. The van der Waals surface area contributed by atoms with E-state index in [1.165, 1.54) is 53.6 Å². The van der Waals surface area contributed by atoms with Crippen LogP contribution < -0.4 is 10.1 Å². The summed E-state index contributed by atoms with van der Waals surface area (Å²) in [6, 6.07) is 33.4. The fraction of sp³-hybridized carbons (Fsp3) is 0.405. The predicted molar refractivity (Wildman–Crippen MR) is 196 cm³/mol. The number of carbonyl (C=O) groups is 1. The molecule has 4 aromatic carbocycles. The van der Waals surface area contributed by atoms with Crippen LogP contribution in [-0.4, -0.2) is 37.6 Å². The normalized spacial score (nSPS) is 16.6. The largest absolute Gasteiger partial charge is 0.496 e. The van der Waals surface area contributed by atoms with Crippen LogP contribution in [-0.2, 0) is 23.1 Å². The number of ether oxygens (including phenoxy) is 1. The Kier molecular flexibility index (Phi) is 11.7. The molecular weight excluding hydrogens is 663 g/mol. The first kappa shape index (κ1) is 34.4. The standard InChI is InChI=1S/C42H48BrFN2O2/c1-48-39-30-37-33(29-38(39)43)23-28-46(41(37)32-11-8-12-32)27-10-25-42(34-13-4-2-5-14-34,35-15-6-3-7-16-35)24-9-26-45-40(47)22-19-31-17-20-36(44)21-18-31/h2-7,13-18,20-21,29-30,32,41H,8-12,19,22-28H2,1H3,(H,45,47). The summed E-state index contributed by atoms with van der Waals surface area (Å²) in [7, 11) is 1.76. The molecule has 0 aromatic heterocycles. The van der Waals surface area contributed by atoms with Crippen LogP contribution in [0.15, 0.2) is 102 Å². The van der Waals surface area contributed by atoms with Crippen LogP contribution in [0.4, 0.5) is 4.39 Å². The van der Waals surface area contributed by atoms with Crippen LogP contribution in [0.1, 0.15) is 85.2 Å². The highest BCUT2D eigenvalue weighted by Crippen LogP contribution is 2.47. The van der Waals surface area contributed by atoms with Gasteiger partial charge in [0, 0.05) is 31.0 Å². The monoisotopic (exact) mass is 710 g/mol. The van der Waals surface area contributed by atoms with Crippen LogP contribution in [0.2, 0.25) is 0 Å². The molecule has 0 bridgehead atoms. The van der Waals surface area contributed by atoms with Crippen LogP contribution in [0.25, 0.3) is 0 Å². The van der Waals surface area contributed by atoms with E-state index in [-0.39, 0.29) is 17.1 Å². The van der Waals surface area contributed by atoms with Gasteiger partial charge in [0.2, 0.25) is 5.91 Å². The van der Waals surface area contributed by atoms with E-state index in [2.05, 4.69) is 98.9 Å². The van der Waals surface area contributed by atoms with Gasteiger partial charge in [0.25, 0.3) is 0 Å². The first-order valence-corrected chi connectivity index (χ1v) is 18.5. The number of benzene rings is 4. The van der Waals surface area contributed by atoms with Gasteiger partial charge in [-0.05, 0) is 132 Å². The lowest BCUT2D eigenvalue weighted by Gasteiger charge is -2.46. The molecule has 48 heavy (non-hydrogen) atoms. The van der Waals surface area contributed by atoms with Gasteiger partial charge in [0.05, 0.1) is 11.6 Å². The SMILES string of the molecule is COc1cc2c(cc1Br)CCN(CCCC(CCCNC(=O)CCc1ccc(F)cc1)(c1ccccc1)c1ccccc1)C2C1CCC1. The number of rotatable bonds is 15. The van der Waals surface area contributed by atoms with Gasteiger partial charge in [0.1, 0.15) is 11.6 Å². The Bertz CT molecular complexity index is 1590. The number of carbonyl (C=O) groups excluding carboxylic acids is 1. The van der Waals surface area contributed by atoms with E-state index in [0.717, 1.165) is 61.0 Å². The van der Waals surface area contributed by atoms with Crippen molar-refractivity contribution >= 4 is 21.8 Å². The smallest absolute Gasteiger partial charge is 0.220 e. The molecule has 1 aliphatic heterocycles. The summed E-state index contributed by atoms with van der Waals surface area (Å²) in [4.78, 5) is 15.5. The van der Waals surface area contributed by atoms with Gasteiger partial charge in [0.15, 0.2) is 0 Å². The van der Waals surface area contributed by atoms with Crippen molar-refractivity contribution in [2.24, 2.45) is 5.92 Å². The summed E-state index contributed by atoms with van der Waals surface area (Å²) in [6.07, 6.45) is 9.93. The Morgan fingerprint density at radius 1 is 0.938 bits per heavy atom. The molecule has 2 aliphatic rings.